The monoisotopic (exact) mass is 530 g/mol. The van der Waals surface area contributed by atoms with Crippen LogP contribution < -0.4 is 10.1 Å². The average molecular weight is 530 g/mol. The highest BCUT2D eigenvalue weighted by molar-refractivity contribution is 14.0. The van der Waals surface area contributed by atoms with Gasteiger partial charge < -0.3 is 19.5 Å². The number of aliphatic imine (C=N–C) groups is 1. The van der Waals surface area contributed by atoms with Crippen molar-refractivity contribution in [3.63, 3.8) is 0 Å². The van der Waals surface area contributed by atoms with Gasteiger partial charge in [-0.25, -0.2) is 4.99 Å². The van der Waals surface area contributed by atoms with E-state index in [9.17, 15) is 0 Å². The molecule has 1 aliphatic rings. The summed E-state index contributed by atoms with van der Waals surface area (Å²) in [6.45, 7) is 9.70. The molecule has 2 aromatic rings. The Bertz CT molecular complexity index is 821. The molecule has 0 radical (unpaired) electrons. The predicted molar refractivity (Wildman–Crippen MR) is 130 cm³/mol. The lowest BCUT2D eigenvalue weighted by Gasteiger charge is -2.39. The number of guanidine groups is 1. The highest BCUT2D eigenvalue weighted by Gasteiger charge is 2.29. The molecule has 7 nitrogen and oxygen atoms in total. The maximum atomic E-state index is 5.24. The fourth-order valence-corrected chi connectivity index (χ4v) is 4.24. The number of aryl methyl sites for hydroxylation is 1. The molecule has 0 spiro atoms. The van der Waals surface area contributed by atoms with Crippen LogP contribution in [0.25, 0.3) is 0 Å². The van der Waals surface area contributed by atoms with Gasteiger partial charge in [-0.2, -0.15) is 11.8 Å². The number of ether oxygens (including phenoxy) is 1. The normalized spacial score (nSPS) is 16.3. The maximum Gasteiger partial charge on any atom is 0.194 e. The van der Waals surface area contributed by atoms with E-state index in [1.165, 1.54) is 0 Å². The van der Waals surface area contributed by atoms with Crippen molar-refractivity contribution in [2.24, 2.45) is 12.0 Å². The molecule has 1 aromatic carbocycles. The van der Waals surface area contributed by atoms with Gasteiger partial charge >= 0.3 is 0 Å². The van der Waals surface area contributed by atoms with Gasteiger partial charge in [0.05, 0.1) is 20.2 Å². The SMILES string of the molecule is COc1ccc(CN=C(NCc2nnc(C)n2C)N2CCSC(C)(C)C2)cc1.I. The number of nitrogens with one attached hydrogen (secondary N) is 1. The van der Waals surface area contributed by atoms with Crippen LogP contribution in [0.15, 0.2) is 29.3 Å². The van der Waals surface area contributed by atoms with Gasteiger partial charge in [-0.05, 0) is 38.5 Å². The molecule has 1 saturated heterocycles. The average Bonchev–Trinajstić information content (AvgIpc) is 3.00. The summed E-state index contributed by atoms with van der Waals surface area (Å²) in [5.41, 5.74) is 1.15. The van der Waals surface area contributed by atoms with E-state index in [0.717, 1.165) is 47.8 Å². The lowest BCUT2D eigenvalue weighted by molar-refractivity contribution is 0.374. The van der Waals surface area contributed by atoms with Gasteiger partial charge in [-0.15, -0.1) is 34.2 Å². The zero-order valence-electron chi connectivity index (χ0n) is 17.8. The molecule has 29 heavy (non-hydrogen) atoms. The largest absolute Gasteiger partial charge is 0.497 e. The molecule has 0 saturated carbocycles. The van der Waals surface area contributed by atoms with Crippen LogP contribution >= 0.6 is 35.7 Å². The molecular weight excluding hydrogens is 499 g/mol. The van der Waals surface area contributed by atoms with Crippen molar-refractivity contribution >= 4 is 41.7 Å². The molecule has 0 aliphatic carbocycles. The van der Waals surface area contributed by atoms with Crippen molar-refractivity contribution in [2.45, 2.75) is 38.6 Å². The molecule has 1 aliphatic heterocycles. The molecule has 0 amide bonds. The maximum absolute atomic E-state index is 5.24. The summed E-state index contributed by atoms with van der Waals surface area (Å²) in [5.74, 6) is 4.69. The van der Waals surface area contributed by atoms with Crippen LogP contribution in [-0.4, -0.2) is 56.3 Å². The van der Waals surface area contributed by atoms with Gasteiger partial charge in [-0.1, -0.05) is 12.1 Å². The second-order valence-corrected chi connectivity index (χ2v) is 9.40. The minimum atomic E-state index is 0. The van der Waals surface area contributed by atoms with Crippen LogP contribution in [0.4, 0.5) is 0 Å². The van der Waals surface area contributed by atoms with E-state index >= 15 is 0 Å². The van der Waals surface area contributed by atoms with Gasteiger partial charge in [0.25, 0.3) is 0 Å². The highest BCUT2D eigenvalue weighted by Crippen LogP contribution is 2.29. The summed E-state index contributed by atoms with van der Waals surface area (Å²) in [6, 6.07) is 8.06. The molecule has 1 fully saturated rings. The second kappa shape index (κ2) is 10.5. The van der Waals surface area contributed by atoms with E-state index in [0.29, 0.717) is 13.1 Å². The molecule has 0 bridgehead atoms. The van der Waals surface area contributed by atoms with Crippen molar-refractivity contribution < 1.29 is 4.74 Å². The quantitative estimate of drug-likeness (QED) is 0.364. The molecule has 1 aromatic heterocycles. The van der Waals surface area contributed by atoms with Crippen LogP contribution in [-0.2, 0) is 20.1 Å². The first-order valence-electron chi connectivity index (χ1n) is 9.53. The Balaban J connectivity index is 0.00000300. The fraction of sp³-hybridized carbons (Fsp3) is 0.550. The highest BCUT2D eigenvalue weighted by atomic mass is 127. The van der Waals surface area contributed by atoms with E-state index < -0.39 is 0 Å². The lowest BCUT2D eigenvalue weighted by Crippen LogP contribution is -2.50. The minimum Gasteiger partial charge on any atom is -0.497 e. The van der Waals surface area contributed by atoms with Crippen LogP contribution in [0.1, 0.15) is 31.1 Å². The van der Waals surface area contributed by atoms with Crippen LogP contribution in [0, 0.1) is 6.92 Å². The first-order valence-corrected chi connectivity index (χ1v) is 10.5. The summed E-state index contributed by atoms with van der Waals surface area (Å²) in [6.07, 6.45) is 0. The molecule has 9 heteroatoms. The van der Waals surface area contributed by atoms with Crippen molar-refractivity contribution in [1.29, 1.82) is 0 Å². The molecule has 3 rings (SSSR count). The Hall–Kier alpha value is -1.49. The standard InChI is InChI=1S/C20H30N6OS.HI/c1-15-23-24-18(25(15)4)13-22-19(26-10-11-28-20(2,3)14-26)21-12-16-6-8-17(27-5)9-7-16;/h6-9H,10-14H2,1-5H3,(H,21,22);1H. The van der Waals surface area contributed by atoms with Crippen molar-refractivity contribution in [3.8, 4) is 5.75 Å². The Kier molecular flexibility index (Phi) is 8.62. The lowest BCUT2D eigenvalue weighted by atomic mass is 10.2. The number of rotatable bonds is 5. The van der Waals surface area contributed by atoms with Crippen molar-refractivity contribution in [3.05, 3.63) is 41.5 Å². The molecule has 0 atom stereocenters. The van der Waals surface area contributed by atoms with Crippen molar-refractivity contribution in [2.75, 3.05) is 26.0 Å². The molecule has 0 unspecified atom stereocenters. The van der Waals surface area contributed by atoms with Gasteiger partial charge in [0.15, 0.2) is 11.8 Å². The number of nitrogens with zero attached hydrogens (tertiary/aromatic N) is 5. The topological polar surface area (TPSA) is 67.6 Å². The smallest absolute Gasteiger partial charge is 0.194 e. The summed E-state index contributed by atoms with van der Waals surface area (Å²) >= 11 is 2.02. The molecule has 160 valence electrons. The third kappa shape index (κ3) is 6.50. The van der Waals surface area contributed by atoms with E-state index in [1.807, 2.05) is 42.4 Å². The number of benzene rings is 1. The van der Waals surface area contributed by atoms with Crippen LogP contribution in [0.3, 0.4) is 0 Å². The Morgan fingerprint density at radius 3 is 2.59 bits per heavy atom. The number of aromatic nitrogens is 3. The Labute approximate surface area is 194 Å². The van der Waals surface area contributed by atoms with Gasteiger partial charge in [-0.3, -0.25) is 0 Å². The number of methoxy groups -OCH3 is 1. The third-order valence-electron chi connectivity index (χ3n) is 4.88. The Morgan fingerprint density at radius 2 is 2.00 bits per heavy atom. The summed E-state index contributed by atoms with van der Waals surface area (Å²) in [7, 11) is 3.67. The zero-order valence-corrected chi connectivity index (χ0v) is 21.0. The van der Waals surface area contributed by atoms with Gasteiger partial charge in [0.1, 0.15) is 11.6 Å². The molecular formula is C20H31IN6OS. The summed E-state index contributed by atoms with van der Waals surface area (Å²) in [4.78, 5) is 7.26. The number of halogens is 1. The van der Waals surface area contributed by atoms with E-state index in [2.05, 4.69) is 46.4 Å². The van der Waals surface area contributed by atoms with E-state index in [4.69, 9.17) is 9.73 Å². The zero-order chi connectivity index (χ0) is 20.1. The number of hydrogen-bond acceptors (Lipinski definition) is 5. The van der Waals surface area contributed by atoms with E-state index in [-0.39, 0.29) is 28.7 Å². The first kappa shape index (κ1) is 23.8. The molecule has 2 heterocycles. The third-order valence-corrected chi connectivity index (χ3v) is 6.18. The molecule has 1 N–H and O–H groups in total. The van der Waals surface area contributed by atoms with Crippen LogP contribution in [0.2, 0.25) is 0 Å². The summed E-state index contributed by atoms with van der Waals surface area (Å²) < 4.78 is 7.45. The van der Waals surface area contributed by atoms with Gasteiger partial charge in [0.2, 0.25) is 0 Å². The van der Waals surface area contributed by atoms with Crippen molar-refractivity contribution in [1.82, 2.24) is 25.0 Å². The Morgan fingerprint density at radius 1 is 1.28 bits per heavy atom. The summed E-state index contributed by atoms with van der Waals surface area (Å²) in [5, 5.41) is 11.9. The van der Waals surface area contributed by atoms with Crippen LogP contribution in [0.5, 0.6) is 5.75 Å². The first-order chi connectivity index (χ1) is 13.4. The van der Waals surface area contributed by atoms with E-state index in [1.54, 1.807) is 7.11 Å². The minimum absolute atomic E-state index is 0. The number of thioether (sulfide) groups is 1. The fourth-order valence-electron chi connectivity index (χ4n) is 3.13. The number of hydrogen-bond donors (Lipinski definition) is 1. The van der Waals surface area contributed by atoms with Gasteiger partial charge in [0, 0.05) is 30.6 Å². The predicted octanol–water partition coefficient (Wildman–Crippen LogP) is 3.22. The second-order valence-electron chi connectivity index (χ2n) is 7.59.